The maximum absolute atomic E-state index is 12.5. The first-order chi connectivity index (χ1) is 21.7. The molecule has 0 bridgehead atoms. The Kier molecular flexibility index (Phi) is 11.3. The minimum Gasteiger partial charge on any atom is -0.506 e. The molecule has 24 heteroatoms. The molecule has 4 aromatic rings. The third-order valence-electron chi connectivity index (χ3n) is 5.96. The average molecular weight is 796 g/mol. The van der Waals surface area contributed by atoms with Crippen LogP contribution in [0.25, 0.3) is 10.8 Å². The summed E-state index contributed by atoms with van der Waals surface area (Å²) in [7, 11) is -19.0. The molecule has 0 aliphatic carbocycles. The molecule has 0 amide bonds. The summed E-state index contributed by atoms with van der Waals surface area (Å²) in [5.41, 5.74) is -1.66. The third kappa shape index (κ3) is 9.28. The number of hydrogen-bond acceptors (Lipinski definition) is 16. The minimum absolute atomic E-state index is 0. The van der Waals surface area contributed by atoms with E-state index in [1.165, 1.54) is 6.07 Å². The van der Waals surface area contributed by atoms with Crippen molar-refractivity contribution in [1.82, 2.24) is 0 Å². The summed E-state index contributed by atoms with van der Waals surface area (Å²) in [4.78, 5) is -1.95. The van der Waals surface area contributed by atoms with Crippen LogP contribution in [0.1, 0.15) is 0 Å². The number of hydrogen-bond donors (Lipinski definition) is 6. The van der Waals surface area contributed by atoms with Crippen molar-refractivity contribution in [3.63, 3.8) is 0 Å². The average Bonchev–Trinajstić information content (AvgIpc) is 2.94. The summed E-state index contributed by atoms with van der Waals surface area (Å²) in [6.07, 6.45) is 0. The van der Waals surface area contributed by atoms with Gasteiger partial charge in [0.2, 0.25) is 0 Å². The van der Waals surface area contributed by atoms with Crippen molar-refractivity contribution in [3.05, 3.63) is 60.7 Å². The first-order valence-corrected chi connectivity index (χ1v) is 18.1. The number of azo groups is 2. The van der Waals surface area contributed by atoms with Crippen LogP contribution in [-0.4, -0.2) is 75.0 Å². The van der Waals surface area contributed by atoms with Crippen molar-refractivity contribution < 1.29 is 83.9 Å². The molecule has 4 aromatic carbocycles. The first kappa shape index (κ1) is 38.3. The van der Waals surface area contributed by atoms with E-state index in [0.717, 1.165) is 54.6 Å². The second-order valence-electron chi connectivity index (χ2n) is 9.19. The Bertz CT molecular complexity index is 2420. The predicted octanol–water partition coefficient (Wildman–Crippen LogP) is 3.87. The Morgan fingerprint density at radius 3 is 1.71 bits per heavy atom. The molecular weight excluding hydrogens is 776 g/mol. The number of aromatic hydroxyl groups is 3. The third-order valence-corrected chi connectivity index (χ3v) is 9.91. The summed E-state index contributed by atoms with van der Waals surface area (Å²) < 4.78 is 126. The summed E-state index contributed by atoms with van der Waals surface area (Å²) >= 11 is 0. The molecule has 0 unspecified atom stereocenters. The number of phenols is 3. The zero-order valence-corrected chi connectivity index (χ0v) is 27.5. The summed E-state index contributed by atoms with van der Waals surface area (Å²) in [6, 6.07) is 9.52. The van der Waals surface area contributed by atoms with Gasteiger partial charge < -0.3 is 15.3 Å². The van der Waals surface area contributed by atoms with Gasteiger partial charge >= 0.3 is 10.4 Å². The summed E-state index contributed by atoms with van der Waals surface area (Å²) in [6.45, 7) is -0.921. The maximum atomic E-state index is 12.5. The van der Waals surface area contributed by atoms with Gasteiger partial charge in [-0.2, -0.15) is 30.4 Å². The molecule has 4 rings (SSSR count). The number of nitrogens with zero attached hydrogens (tertiary/aromatic N) is 4. The fraction of sp³-hybridized carbons (Fsp3) is 0.0833. The number of benzene rings is 4. The van der Waals surface area contributed by atoms with E-state index in [-0.39, 0.29) is 33.5 Å². The van der Waals surface area contributed by atoms with E-state index < -0.39 is 102 Å². The molecule has 0 atom stereocenters. The van der Waals surface area contributed by atoms with Gasteiger partial charge in [0.05, 0.1) is 22.9 Å². The molecule has 0 aliphatic rings. The summed E-state index contributed by atoms with van der Waals surface area (Å²) in [5.74, 6) is -2.84. The van der Waals surface area contributed by atoms with E-state index in [0.29, 0.717) is 0 Å². The van der Waals surface area contributed by atoms with Crippen molar-refractivity contribution in [2.45, 2.75) is 14.7 Å². The van der Waals surface area contributed by atoms with E-state index >= 15 is 0 Å². The maximum Gasteiger partial charge on any atom is 0.397 e. The van der Waals surface area contributed by atoms with Crippen LogP contribution in [-0.2, 0) is 61.7 Å². The van der Waals surface area contributed by atoms with Gasteiger partial charge in [0.25, 0.3) is 20.2 Å². The molecule has 48 heavy (non-hydrogen) atoms. The van der Waals surface area contributed by atoms with Gasteiger partial charge in [-0.3, -0.25) is 13.7 Å². The van der Waals surface area contributed by atoms with Crippen LogP contribution < -0.4 is 0 Å². The molecule has 0 heterocycles. The van der Waals surface area contributed by atoms with Crippen molar-refractivity contribution in [1.29, 1.82) is 0 Å². The second kappa shape index (κ2) is 14.2. The number of rotatable bonds is 11. The quantitative estimate of drug-likeness (QED) is 0.0713. The first-order valence-electron chi connectivity index (χ1n) is 12.2. The summed E-state index contributed by atoms with van der Waals surface area (Å²) in [5, 5.41) is 44.9. The largest absolute Gasteiger partial charge is 0.506 e. The van der Waals surface area contributed by atoms with Gasteiger partial charge in [-0.15, -0.1) is 15.3 Å². The number of sulfone groups is 1. The van der Waals surface area contributed by atoms with Crippen LogP contribution in [0.15, 0.2) is 95.8 Å². The molecule has 6 N–H and O–H groups in total. The van der Waals surface area contributed by atoms with Gasteiger partial charge in [-0.25, -0.2) is 12.6 Å². The molecule has 0 aromatic heterocycles. The zero-order valence-electron chi connectivity index (χ0n) is 23.3. The topological polar surface area (TPSA) is 317 Å². The molecular formula is C24H20CuN4O15S4. The van der Waals surface area contributed by atoms with E-state index in [4.69, 9.17) is 4.55 Å². The molecule has 0 aliphatic heterocycles. The molecule has 0 saturated heterocycles. The molecule has 261 valence electrons. The minimum atomic E-state index is -4.96. The Labute approximate surface area is 282 Å². The molecule has 0 spiro atoms. The molecule has 0 fully saturated rings. The van der Waals surface area contributed by atoms with Gasteiger partial charge in [0.15, 0.2) is 9.84 Å². The number of phenolic OH excluding ortho intramolecular Hbond substituents is 3. The fourth-order valence-electron chi connectivity index (χ4n) is 3.88. The Morgan fingerprint density at radius 1 is 0.583 bits per heavy atom. The van der Waals surface area contributed by atoms with Crippen LogP contribution in [0.3, 0.4) is 0 Å². The molecule has 19 nitrogen and oxygen atoms in total. The van der Waals surface area contributed by atoms with Crippen LogP contribution >= 0.6 is 0 Å². The normalized spacial score (nSPS) is 12.9. The fourth-order valence-corrected chi connectivity index (χ4v) is 6.81. The number of fused-ring (bicyclic) bond motifs is 1. The van der Waals surface area contributed by atoms with Crippen LogP contribution in [0, 0.1) is 0 Å². The Balaban J connectivity index is 0.00000625. The van der Waals surface area contributed by atoms with E-state index in [9.17, 15) is 58.1 Å². The SMILES string of the molecule is O=S(=O)(O)OCCS(=O)(=O)c1ccc(O)c(N=Nc2cc(N=Nc3cc(S(=O)(=O)O)c4cccc(S(=O)(=O)O)c4c3)c(O)cc2O)c1.[Cu]. The van der Waals surface area contributed by atoms with E-state index in [1.807, 2.05) is 0 Å². The zero-order chi connectivity index (χ0) is 34.9. The van der Waals surface area contributed by atoms with Crippen LogP contribution in [0.5, 0.6) is 17.2 Å². The predicted molar refractivity (Wildman–Crippen MR) is 159 cm³/mol. The van der Waals surface area contributed by atoms with Crippen LogP contribution in [0.2, 0.25) is 0 Å². The van der Waals surface area contributed by atoms with Gasteiger partial charge in [-0.05, 0) is 36.4 Å². The molecule has 1 radical (unpaired) electrons. The van der Waals surface area contributed by atoms with E-state index in [2.05, 4.69) is 24.6 Å². The van der Waals surface area contributed by atoms with Gasteiger partial charge in [-0.1, -0.05) is 12.1 Å². The van der Waals surface area contributed by atoms with Crippen molar-refractivity contribution in [3.8, 4) is 17.2 Å². The van der Waals surface area contributed by atoms with Crippen LogP contribution in [0.4, 0.5) is 22.7 Å². The standard InChI is InChI=1S/C24H20N4O15S4.Cu/c29-20-5-4-14(44(32,33)7-6-43-47(40,41)42)10-17(20)27-28-19-11-18(21(30)12-22(19)31)26-25-13-8-16-15(24(9-13)46(37,38)39)2-1-3-23(16)45(34,35)36;/h1-5,8-12,29-31H,6-7H2,(H,34,35,36)(H,37,38,39)(H,40,41,42);. The van der Waals surface area contributed by atoms with Crippen molar-refractivity contribution >= 4 is 74.0 Å². The van der Waals surface area contributed by atoms with E-state index in [1.54, 1.807) is 0 Å². The Morgan fingerprint density at radius 2 is 1.15 bits per heavy atom. The Hall–Kier alpha value is -4.10. The van der Waals surface area contributed by atoms with Crippen molar-refractivity contribution in [2.75, 3.05) is 12.4 Å². The van der Waals surface area contributed by atoms with Crippen molar-refractivity contribution in [2.24, 2.45) is 20.5 Å². The monoisotopic (exact) mass is 795 g/mol. The van der Waals surface area contributed by atoms with Gasteiger partial charge in [0.1, 0.15) is 44.1 Å². The molecule has 0 saturated carbocycles. The smallest absolute Gasteiger partial charge is 0.397 e. The second-order valence-corrected chi connectivity index (χ2v) is 15.2. The van der Waals surface area contributed by atoms with Gasteiger partial charge in [0, 0.05) is 40.0 Å².